The van der Waals surface area contributed by atoms with E-state index in [-0.39, 0.29) is 30.1 Å². The summed E-state index contributed by atoms with van der Waals surface area (Å²) in [4.78, 5) is 41.4. The van der Waals surface area contributed by atoms with Crippen molar-refractivity contribution in [3.05, 3.63) is 53.9 Å². The quantitative estimate of drug-likeness (QED) is 0.846. The first kappa shape index (κ1) is 15.7. The molecule has 1 N–H and O–H groups in total. The molecule has 0 radical (unpaired) electrons. The number of imide groups is 1. The van der Waals surface area contributed by atoms with Gasteiger partial charge in [0.05, 0.1) is 18.4 Å². The number of pyridine rings is 1. The molecule has 24 heavy (non-hydrogen) atoms. The molecule has 0 saturated carbocycles. The summed E-state index contributed by atoms with van der Waals surface area (Å²) in [7, 11) is 1.51. The van der Waals surface area contributed by atoms with E-state index in [0.717, 1.165) is 4.90 Å². The van der Waals surface area contributed by atoms with E-state index in [1.165, 1.54) is 13.3 Å². The molecule has 0 unspecified atom stereocenters. The number of carbonyl (C=O) groups excluding carboxylic acids is 3. The molecule has 0 fully saturated rings. The van der Waals surface area contributed by atoms with Gasteiger partial charge in [-0.3, -0.25) is 24.3 Å². The van der Waals surface area contributed by atoms with E-state index in [0.29, 0.717) is 11.4 Å². The SMILES string of the molecule is COc1ccccc1NC(=O)CCN1C(=O)c2cccnc2C1=O. The number of hydrogen-bond acceptors (Lipinski definition) is 5. The largest absolute Gasteiger partial charge is 0.495 e. The molecule has 122 valence electrons. The maximum atomic E-state index is 12.2. The maximum absolute atomic E-state index is 12.2. The Bertz CT molecular complexity index is 784. The second-order valence-corrected chi connectivity index (χ2v) is 5.16. The average Bonchev–Trinajstić information content (AvgIpc) is 2.85. The van der Waals surface area contributed by atoms with Crippen molar-refractivity contribution in [1.29, 1.82) is 0 Å². The molecule has 2 aromatic rings. The number of methoxy groups -OCH3 is 1. The van der Waals surface area contributed by atoms with Gasteiger partial charge in [0.1, 0.15) is 11.4 Å². The lowest BCUT2D eigenvalue weighted by Gasteiger charge is -2.14. The number of anilines is 1. The Labute approximate surface area is 138 Å². The van der Waals surface area contributed by atoms with E-state index in [1.54, 1.807) is 36.4 Å². The van der Waals surface area contributed by atoms with Gasteiger partial charge in [-0.2, -0.15) is 0 Å². The molecular weight excluding hydrogens is 310 g/mol. The van der Waals surface area contributed by atoms with Gasteiger partial charge < -0.3 is 10.1 Å². The summed E-state index contributed by atoms with van der Waals surface area (Å²) >= 11 is 0. The first-order chi connectivity index (χ1) is 11.6. The second-order valence-electron chi connectivity index (χ2n) is 5.16. The van der Waals surface area contributed by atoms with Gasteiger partial charge in [0, 0.05) is 19.2 Å². The summed E-state index contributed by atoms with van der Waals surface area (Å²) in [5, 5.41) is 2.71. The van der Waals surface area contributed by atoms with Crippen LogP contribution < -0.4 is 10.1 Å². The van der Waals surface area contributed by atoms with Crippen molar-refractivity contribution in [3.8, 4) is 5.75 Å². The highest BCUT2D eigenvalue weighted by Gasteiger charge is 2.36. The van der Waals surface area contributed by atoms with Crippen LogP contribution >= 0.6 is 0 Å². The Balaban J connectivity index is 1.63. The molecule has 2 heterocycles. The Hall–Kier alpha value is -3.22. The van der Waals surface area contributed by atoms with Crippen LogP contribution in [-0.4, -0.2) is 41.3 Å². The molecular formula is C17H15N3O4. The second kappa shape index (κ2) is 6.49. The molecule has 0 bridgehead atoms. The summed E-state index contributed by atoms with van der Waals surface area (Å²) in [6.45, 7) is -0.00495. The van der Waals surface area contributed by atoms with Crippen molar-refractivity contribution in [2.75, 3.05) is 19.0 Å². The van der Waals surface area contributed by atoms with Crippen LogP contribution in [0.5, 0.6) is 5.75 Å². The minimum atomic E-state index is -0.472. The zero-order valence-corrected chi connectivity index (χ0v) is 13.0. The molecule has 0 aliphatic carbocycles. The van der Waals surface area contributed by atoms with Gasteiger partial charge in [-0.15, -0.1) is 0 Å². The first-order valence-electron chi connectivity index (χ1n) is 7.36. The van der Waals surface area contributed by atoms with Gasteiger partial charge in [-0.05, 0) is 24.3 Å². The van der Waals surface area contributed by atoms with Gasteiger partial charge in [0.15, 0.2) is 0 Å². The molecule has 1 aromatic carbocycles. The van der Waals surface area contributed by atoms with Gasteiger partial charge in [-0.25, -0.2) is 0 Å². The summed E-state index contributed by atoms with van der Waals surface area (Å²) in [5.74, 6) is -0.673. The van der Waals surface area contributed by atoms with E-state index >= 15 is 0 Å². The number of ether oxygens (including phenoxy) is 1. The number of benzene rings is 1. The highest BCUT2D eigenvalue weighted by Crippen LogP contribution is 2.24. The smallest absolute Gasteiger partial charge is 0.280 e. The van der Waals surface area contributed by atoms with Crippen LogP contribution in [0.25, 0.3) is 0 Å². The highest BCUT2D eigenvalue weighted by atomic mass is 16.5. The molecule has 0 saturated heterocycles. The van der Waals surface area contributed by atoms with E-state index < -0.39 is 11.8 Å². The molecule has 3 amide bonds. The Kier molecular flexibility index (Phi) is 4.24. The molecule has 7 nitrogen and oxygen atoms in total. The van der Waals surface area contributed by atoms with Crippen LogP contribution in [0.4, 0.5) is 5.69 Å². The third-order valence-corrected chi connectivity index (χ3v) is 3.67. The standard InChI is InChI=1S/C17H15N3O4/c1-24-13-7-3-2-6-12(13)19-14(21)8-10-20-16(22)11-5-4-9-18-15(11)17(20)23/h2-7,9H,8,10H2,1H3,(H,19,21). The van der Waals surface area contributed by atoms with Crippen LogP contribution in [0.15, 0.2) is 42.6 Å². The number of aromatic nitrogens is 1. The normalized spacial score (nSPS) is 13.0. The molecule has 1 aliphatic rings. The minimum absolute atomic E-state index is 0.00495. The van der Waals surface area contributed by atoms with Crippen LogP contribution in [0.2, 0.25) is 0 Å². The van der Waals surface area contributed by atoms with Crippen molar-refractivity contribution in [1.82, 2.24) is 9.88 Å². The Morgan fingerprint density at radius 3 is 2.71 bits per heavy atom. The molecule has 3 rings (SSSR count). The number of para-hydroxylation sites is 2. The lowest BCUT2D eigenvalue weighted by atomic mass is 10.2. The third kappa shape index (κ3) is 2.83. The van der Waals surface area contributed by atoms with Crippen LogP contribution in [-0.2, 0) is 4.79 Å². The van der Waals surface area contributed by atoms with Crippen LogP contribution in [0.1, 0.15) is 27.3 Å². The number of amides is 3. The predicted octanol–water partition coefficient (Wildman–Crippen LogP) is 1.71. The summed E-state index contributed by atoms with van der Waals surface area (Å²) < 4.78 is 5.16. The number of nitrogens with one attached hydrogen (secondary N) is 1. The lowest BCUT2D eigenvalue weighted by molar-refractivity contribution is -0.116. The average molecular weight is 325 g/mol. The van der Waals surface area contributed by atoms with Crippen LogP contribution in [0, 0.1) is 0 Å². The van der Waals surface area contributed by atoms with Gasteiger partial charge >= 0.3 is 0 Å². The van der Waals surface area contributed by atoms with Crippen molar-refractivity contribution in [2.45, 2.75) is 6.42 Å². The van der Waals surface area contributed by atoms with Crippen molar-refractivity contribution in [3.63, 3.8) is 0 Å². The maximum Gasteiger partial charge on any atom is 0.280 e. The zero-order valence-electron chi connectivity index (χ0n) is 13.0. The topological polar surface area (TPSA) is 88.6 Å². The fourth-order valence-electron chi connectivity index (χ4n) is 2.49. The number of nitrogens with zero attached hydrogens (tertiary/aromatic N) is 2. The van der Waals surface area contributed by atoms with E-state index in [9.17, 15) is 14.4 Å². The van der Waals surface area contributed by atoms with Crippen LogP contribution in [0.3, 0.4) is 0 Å². The highest BCUT2D eigenvalue weighted by molar-refractivity contribution is 6.20. The monoisotopic (exact) mass is 325 g/mol. The summed E-state index contributed by atoms with van der Waals surface area (Å²) in [6.07, 6.45) is 1.45. The number of rotatable bonds is 5. The summed E-state index contributed by atoms with van der Waals surface area (Å²) in [6, 6.07) is 10.2. The Morgan fingerprint density at radius 1 is 1.17 bits per heavy atom. The van der Waals surface area contributed by atoms with E-state index in [4.69, 9.17) is 4.74 Å². The molecule has 7 heteroatoms. The lowest BCUT2D eigenvalue weighted by Crippen LogP contribution is -2.33. The zero-order chi connectivity index (χ0) is 17.1. The third-order valence-electron chi connectivity index (χ3n) is 3.67. The van der Waals surface area contributed by atoms with Crippen molar-refractivity contribution in [2.24, 2.45) is 0 Å². The number of hydrogen-bond donors (Lipinski definition) is 1. The fraction of sp³-hybridized carbons (Fsp3) is 0.176. The van der Waals surface area contributed by atoms with E-state index in [2.05, 4.69) is 10.3 Å². The number of fused-ring (bicyclic) bond motifs is 1. The van der Waals surface area contributed by atoms with Gasteiger partial charge in [0.2, 0.25) is 5.91 Å². The molecule has 0 spiro atoms. The van der Waals surface area contributed by atoms with E-state index in [1.807, 2.05) is 0 Å². The molecule has 0 atom stereocenters. The number of carbonyl (C=O) groups is 3. The van der Waals surface area contributed by atoms with Gasteiger partial charge in [-0.1, -0.05) is 12.1 Å². The minimum Gasteiger partial charge on any atom is -0.495 e. The van der Waals surface area contributed by atoms with Crippen molar-refractivity contribution < 1.29 is 19.1 Å². The Morgan fingerprint density at radius 2 is 1.96 bits per heavy atom. The van der Waals surface area contributed by atoms with Crippen molar-refractivity contribution >= 4 is 23.4 Å². The predicted molar refractivity (Wildman–Crippen MR) is 85.8 cm³/mol. The molecule has 1 aliphatic heterocycles. The van der Waals surface area contributed by atoms with Gasteiger partial charge in [0.25, 0.3) is 11.8 Å². The molecule has 1 aromatic heterocycles. The fourth-order valence-corrected chi connectivity index (χ4v) is 2.49. The first-order valence-corrected chi connectivity index (χ1v) is 7.36. The summed E-state index contributed by atoms with van der Waals surface area (Å²) in [5.41, 5.74) is 0.939.